The van der Waals surface area contributed by atoms with E-state index in [2.05, 4.69) is 32.6 Å². The van der Waals surface area contributed by atoms with Crippen molar-refractivity contribution in [3.63, 3.8) is 0 Å². The van der Waals surface area contributed by atoms with Gasteiger partial charge in [-0.05, 0) is 59.9 Å². The highest BCUT2D eigenvalue weighted by molar-refractivity contribution is 9.10. The molecule has 0 atom stereocenters. The SMILES string of the molecule is N#Cc1ccc(NCCCNC2CC2)c(Br)c1. The van der Waals surface area contributed by atoms with Crippen LogP contribution in [0.15, 0.2) is 22.7 Å². The maximum atomic E-state index is 8.76. The minimum atomic E-state index is 0.679. The Morgan fingerprint density at radius 3 is 2.82 bits per heavy atom. The average molecular weight is 294 g/mol. The zero-order valence-electron chi connectivity index (χ0n) is 9.67. The van der Waals surface area contributed by atoms with Crippen molar-refractivity contribution in [1.82, 2.24) is 5.32 Å². The van der Waals surface area contributed by atoms with Crippen molar-refractivity contribution >= 4 is 21.6 Å². The molecular formula is C13H16BrN3. The number of nitrogens with one attached hydrogen (secondary N) is 2. The number of hydrogen-bond donors (Lipinski definition) is 2. The molecular weight excluding hydrogens is 278 g/mol. The van der Waals surface area contributed by atoms with Crippen molar-refractivity contribution < 1.29 is 0 Å². The normalized spacial score (nSPS) is 14.4. The molecule has 0 spiro atoms. The van der Waals surface area contributed by atoms with Crippen molar-refractivity contribution in [3.8, 4) is 6.07 Å². The number of halogens is 1. The van der Waals surface area contributed by atoms with Crippen LogP contribution < -0.4 is 10.6 Å². The third-order valence-corrected chi connectivity index (χ3v) is 3.43. The quantitative estimate of drug-likeness (QED) is 0.793. The van der Waals surface area contributed by atoms with Crippen molar-refractivity contribution in [2.45, 2.75) is 25.3 Å². The topological polar surface area (TPSA) is 47.9 Å². The Balaban J connectivity index is 1.72. The van der Waals surface area contributed by atoms with E-state index in [1.54, 1.807) is 0 Å². The minimum Gasteiger partial charge on any atom is -0.384 e. The van der Waals surface area contributed by atoms with Gasteiger partial charge in [0.25, 0.3) is 0 Å². The lowest BCUT2D eigenvalue weighted by molar-refractivity contribution is 0.659. The van der Waals surface area contributed by atoms with Crippen molar-refractivity contribution in [1.29, 1.82) is 5.26 Å². The lowest BCUT2D eigenvalue weighted by Crippen LogP contribution is -2.19. The van der Waals surface area contributed by atoms with Crippen LogP contribution in [0, 0.1) is 11.3 Å². The molecule has 2 N–H and O–H groups in total. The summed E-state index contributed by atoms with van der Waals surface area (Å²) in [5, 5.41) is 15.6. The van der Waals surface area contributed by atoms with E-state index in [4.69, 9.17) is 5.26 Å². The molecule has 1 aliphatic rings. The molecule has 0 saturated heterocycles. The molecule has 0 amide bonds. The Kier molecular flexibility index (Phi) is 4.41. The summed E-state index contributed by atoms with van der Waals surface area (Å²) >= 11 is 3.46. The van der Waals surface area contributed by atoms with Gasteiger partial charge in [-0.25, -0.2) is 0 Å². The second-order valence-corrected chi connectivity index (χ2v) is 5.17. The maximum Gasteiger partial charge on any atom is 0.0992 e. The van der Waals surface area contributed by atoms with Crippen LogP contribution in [0.25, 0.3) is 0 Å². The lowest BCUT2D eigenvalue weighted by Gasteiger charge is -2.09. The summed E-state index contributed by atoms with van der Waals surface area (Å²) in [5.41, 5.74) is 1.73. The highest BCUT2D eigenvalue weighted by Crippen LogP contribution is 2.23. The first kappa shape index (κ1) is 12.4. The Hall–Kier alpha value is -1.05. The number of nitriles is 1. The molecule has 1 fully saturated rings. The van der Waals surface area contributed by atoms with Crippen molar-refractivity contribution in [2.24, 2.45) is 0 Å². The van der Waals surface area contributed by atoms with Crippen LogP contribution in [0.1, 0.15) is 24.8 Å². The first-order chi connectivity index (χ1) is 8.29. The second kappa shape index (κ2) is 6.04. The van der Waals surface area contributed by atoms with Gasteiger partial charge in [0.15, 0.2) is 0 Å². The fourth-order valence-corrected chi connectivity index (χ4v) is 2.15. The fraction of sp³-hybridized carbons (Fsp3) is 0.462. The van der Waals surface area contributed by atoms with Crippen LogP contribution in [0.3, 0.4) is 0 Å². The Bertz CT molecular complexity index is 421. The van der Waals surface area contributed by atoms with E-state index >= 15 is 0 Å². The maximum absolute atomic E-state index is 8.76. The summed E-state index contributed by atoms with van der Waals surface area (Å²) in [7, 11) is 0. The van der Waals surface area contributed by atoms with Crippen LogP contribution in [0.4, 0.5) is 5.69 Å². The molecule has 0 bridgehead atoms. The molecule has 3 nitrogen and oxygen atoms in total. The molecule has 0 heterocycles. The molecule has 17 heavy (non-hydrogen) atoms. The van der Waals surface area contributed by atoms with Crippen LogP contribution in [0.5, 0.6) is 0 Å². The summed E-state index contributed by atoms with van der Waals surface area (Å²) in [6.07, 6.45) is 3.80. The van der Waals surface area contributed by atoms with Crippen LogP contribution in [-0.4, -0.2) is 19.1 Å². The molecule has 1 aromatic carbocycles. The molecule has 0 unspecified atom stereocenters. The predicted octanol–water partition coefficient (Wildman–Crippen LogP) is 2.87. The van der Waals surface area contributed by atoms with E-state index < -0.39 is 0 Å². The molecule has 4 heteroatoms. The molecule has 0 aromatic heterocycles. The first-order valence-corrected chi connectivity index (χ1v) is 6.76. The predicted molar refractivity (Wildman–Crippen MR) is 73.0 cm³/mol. The molecule has 1 aliphatic carbocycles. The van der Waals surface area contributed by atoms with Gasteiger partial charge in [0.2, 0.25) is 0 Å². The van der Waals surface area contributed by atoms with Gasteiger partial charge >= 0.3 is 0 Å². The minimum absolute atomic E-state index is 0.679. The fourth-order valence-electron chi connectivity index (χ4n) is 1.63. The molecule has 90 valence electrons. The number of anilines is 1. The average Bonchev–Trinajstić information content (AvgIpc) is 3.14. The van der Waals surface area contributed by atoms with E-state index in [9.17, 15) is 0 Å². The Labute approximate surface area is 110 Å². The Morgan fingerprint density at radius 2 is 2.18 bits per heavy atom. The van der Waals surface area contributed by atoms with E-state index in [1.165, 1.54) is 12.8 Å². The summed E-state index contributed by atoms with van der Waals surface area (Å²) in [6.45, 7) is 2.02. The number of rotatable bonds is 6. The largest absolute Gasteiger partial charge is 0.384 e. The molecule has 0 aliphatic heterocycles. The van der Waals surface area contributed by atoms with Crippen LogP contribution in [-0.2, 0) is 0 Å². The van der Waals surface area contributed by atoms with E-state index in [0.29, 0.717) is 5.56 Å². The Morgan fingerprint density at radius 1 is 1.35 bits per heavy atom. The summed E-state index contributed by atoms with van der Waals surface area (Å²) in [6, 6.07) is 8.52. The van der Waals surface area contributed by atoms with Gasteiger partial charge in [-0.2, -0.15) is 5.26 Å². The number of benzene rings is 1. The first-order valence-electron chi connectivity index (χ1n) is 5.96. The molecule has 2 rings (SSSR count). The monoisotopic (exact) mass is 293 g/mol. The summed E-state index contributed by atoms with van der Waals surface area (Å²) < 4.78 is 0.951. The zero-order valence-corrected chi connectivity index (χ0v) is 11.3. The van der Waals surface area contributed by atoms with E-state index in [0.717, 1.165) is 35.7 Å². The third-order valence-electron chi connectivity index (χ3n) is 2.78. The summed E-state index contributed by atoms with van der Waals surface area (Å²) in [5.74, 6) is 0. The van der Waals surface area contributed by atoms with Gasteiger partial charge in [-0.3, -0.25) is 0 Å². The lowest BCUT2D eigenvalue weighted by atomic mass is 10.2. The third kappa shape index (κ3) is 4.03. The van der Waals surface area contributed by atoms with Crippen molar-refractivity contribution in [2.75, 3.05) is 18.4 Å². The second-order valence-electron chi connectivity index (χ2n) is 4.32. The number of nitrogens with zero attached hydrogens (tertiary/aromatic N) is 1. The van der Waals surface area contributed by atoms with Gasteiger partial charge in [-0.15, -0.1) is 0 Å². The van der Waals surface area contributed by atoms with Gasteiger partial charge in [0, 0.05) is 22.7 Å². The van der Waals surface area contributed by atoms with Gasteiger partial charge in [0.05, 0.1) is 11.6 Å². The van der Waals surface area contributed by atoms with Crippen molar-refractivity contribution in [3.05, 3.63) is 28.2 Å². The smallest absolute Gasteiger partial charge is 0.0992 e. The zero-order chi connectivity index (χ0) is 12.1. The standard InChI is InChI=1S/C13H16BrN3/c14-12-8-10(9-15)2-5-13(12)17-7-1-6-16-11-3-4-11/h2,5,8,11,16-17H,1,3-4,6-7H2. The van der Waals surface area contributed by atoms with Crippen LogP contribution in [0.2, 0.25) is 0 Å². The summed E-state index contributed by atoms with van der Waals surface area (Å²) in [4.78, 5) is 0. The van der Waals surface area contributed by atoms with Gasteiger partial charge in [-0.1, -0.05) is 0 Å². The highest BCUT2D eigenvalue weighted by Gasteiger charge is 2.19. The highest BCUT2D eigenvalue weighted by atomic mass is 79.9. The van der Waals surface area contributed by atoms with E-state index in [-0.39, 0.29) is 0 Å². The molecule has 1 saturated carbocycles. The van der Waals surface area contributed by atoms with Crippen LogP contribution >= 0.6 is 15.9 Å². The van der Waals surface area contributed by atoms with Gasteiger partial charge in [0.1, 0.15) is 0 Å². The van der Waals surface area contributed by atoms with Gasteiger partial charge < -0.3 is 10.6 Å². The molecule has 0 radical (unpaired) electrons. The van der Waals surface area contributed by atoms with E-state index in [1.807, 2.05) is 18.2 Å². The molecule has 1 aromatic rings. The number of hydrogen-bond acceptors (Lipinski definition) is 3.